The maximum absolute atomic E-state index is 11.2. The summed E-state index contributed by atoms with van der Waals surface area (Å²) < 4.78 is 9.95. The second-order valence-corrected chi connectivity index (χ2v) is 4.65. The highest BCUT2D eigenvalue weighted by atomic mass is 16.6. The molecule has 1 heterocycles. The SMILES string of the molecule is O=C(O)CCCCCCCCC(=O)OCC1CO1. The van der Waals surface area contributed by atoms with Crippen molar-refractivity contribution in [2.75, 3.05) is 13.2 Å². The van der Waals surface area contributed by atoms with Crippen LogP contribution in [0.15, 0.2) is 0 Å². The predicted octanol–water partition coefficient (Wildman–Crippen LogP) is 2.13. The molecule has 5 heteroatoms. The molecule has 0 spiro atoms. The number of hydrogen-bond donors (Lipinski definition) is 1. The fourth-order valence-electron chi connectivity index (χ4n) is 1.67. The Morgan fingerprint density at radius 2 is 1.61 bits per heavy atom. The smallest absolute Gasteiger partial charge is 0.305 e. The molecule has 1 fully saturated rings. The number of esters is 1. The van der Waals surface area contributed by atoms with Gasteiger partial charge in [0.05, 0.1) is 6.61 Å². The van der Waals surface area contributed by atoms with Gasteiger partial charge < -0.3 is 14.6 Å². The molecule has 1 aliphatic heterocycles. The summed E-state index contributed by atoms with van der Waals surface area (Å²) in [4.78, 5) is 21.5. The fraction of sp³-hybridized carbons (Fsp3) is 0.846. The van der Waals surface area contributed by atoms with Gasteiger partial charge in [-0.2, -0.15) is 0 Å². The van der Waals surface area contributed by atoms with Crippen molar-refractivity contribution in [1.82, 2.24) is 0 Å². The molecule has 1 atom stereocenters. The molecule has 0 saturated carbocycles. The van der Waals surface area contributed by atoms with Crippen molar-refractivity contribution in [2.45, 2.75) is 57.5 Å². The minimum Gasteiger partial charge on any atom is -0.481 e. The summed E-state index contributed by atoms with van der Waals surface area (Å²) in [5, 5.41) is 8.45. The third kappa shape index (κ3) is 8.98. The zero-order chi connectivity index (χ0) is 13.2. The van der Waals surface area contributed by atoms with Crippen LogP contribution in [0.4, 0.5) is 0 Å². The highest BCUT2D eigenvalue weighted by Gasteiger charge is 2.23. The number of unbranched alkanes of at least 4 members (excludes halogenated alkanes) is 5. The van der Waals surface area contributed by atoms with Crippen molar-refractivity contribution < 1.29 is 24.2 Å². The maximum Gasteiger partial charge on any atom is 0.305 e. The lowest BCUT2D eigenvalue weighted by Crippen LogP contribution is -2.09. The Labute approximate surface area is 107 Å². The summed E-state index contributed by atoms with van der Waals surface area (Å²) in [5.74, 6) is -0.867. The number of carboxylic acid groups (broad SMARTS) is 1. The van der Waals surface area contributed by atoms with E-state index in [-0.39, 0.29) is 18.5 Å². The van der Waals surface area contributed by atoms with Crippen LogP contribution in [-0.4, -0.2) is 36.4 Å². The number of hydrogen-bond acceptors (Lipinski definition) is 4. The van der Waals surface area contributed by atoms with Gasteiger partial charge in [-0.1, -0.05) is 25.7 Å². The van der Waals surface area contributed by atoms with E-state index in [9.17, 15) is 9.59 Å². The monoisotopic (exact) mass is 258 g/mol. The van der Waals surface area contributed by atoms with Crippen LogP contribution in [0, 0.1) is 0 Å². The van der Waals surface area contributed by atoms with Gasteiger partial charge in [-0.25, -0.2) is 0 Å². The second kappa shape index (κ2) is 8.91. The van der Waals surface area contributed by atoms with Gasteiger partial charge in [-0.05, 0) is 12.8 Å². The number of ether oxygens (including phenoxy) is 2. The number of carbonyl (C=O) groups is 2. The lowest BCUT2D eigenvalue weighted by molar-refractivity contribution is -0.144. The van der Waals surface area contributed by atoms with Crippen LogP contribution in [0.25, 0.3) is 0 Å². The first kappa shape index (κ1) is 15.0. The molecule has 5 nitrogen and oxygen atoms in total. The minimum absolute atomic E-state index is 0.142. The predicted molar refractivity (Wildman–Crippen MR) is 65.3 cm³/mol. The first-order chi connectivity index (χ1) is 8.68. The standard InChI is InChI=1S/C13H22O5/c14-12(15)7-5-3-1-2-4-6-8-13(16)18-10-11-9-17-11/h11H,1-10H2,(H,14,15). The van der Waals surface area contributed by atoms with Gasteiger partial charge in [-0.15, -0.1) is 0 Å². The molecule has 18 heavy (non-hydrogen) atoms. The third-order valence-electron chi connectivity index (χ3n) is 2.85. The van der Waals surface area contributed by atoms with E-state index in [0.29, 0.717) is 19.6 Å². The Morgan fingerprint density at radius 1 is 1.06 bits per heavy atom. The molecular weight excluding hydrogens is 236 g/mol. The highest BCUT2D eigenvalue weighted by molar-refractivity contribution is 5.69. The van der Waals surface area contributed by atoms with E-state index in [1.165, 1.54) is 0 Å². The van der Waals surface area contributed by atoms with E-state index in [1.54, 1.807) is 0 Å². The Morgan fingerprint density at radius 3 is 2.17 bits per heavy atom. The molecule has 1 rings (SSSR count). The van der Waals surface area contributed by atoms with E-state index in [0.717, 1.165) is 38.5 Å². The number of rotatable bonds is 11. The van der Waals surface area contributed by atoms with Gasteiger partial charge in [0.2, 0.25) is 0 Å². The van der Waals surface area contributed by atoms with Crippen molar-refractivity contribution in [3.8, 4) is 0 Å². The molecule has 0 aromatic rings. The van der Waals surface area contributed by atoms with Crippen LogP contribution in [0.5, 0.6) is 0 Å². The molecule has 0 bridgehead atoms. The summed E-state index contributed by atoms with van der Waals surface area (Å²) in [5.41, 5.74) is 0. The normalized spacial score (nSPS) is 17.4. The lowest BCUT2D eigenvalue weighted by Gasteiger charge is -2.03. The molecule has 1 N–H and O–H groups in total. The van der Waals surface area contributed by atoms with Gasteiger partial charge in [-0.3, -0.25) is 9.59 Å². The molecule has 0 aromatic carbocycles. The highest BCUT2D eigenvalue weighted by Crippen LogP contribution is 2.11. The average Bonchev–Trinajstić information content (AvgIpc) is 3.13. The quantitative estimate of drug-likeness (QED) is 0.349. The summed E-state index contributed by atoms with van der Waals surface area (Å²) >= 11 is 0. The Kier molecular flexibility index (Phi) is 7.41. The minimum atomic E-state index is -0.725. The number of carboxylic acids is 1. The fourth-order valence-corrected chi connectivity index (χ4v) is 1.67. The molecule has 1 aliphatic rings. The van der Waals surface area contributed by atoms with Crippen LogP contribution in [0.1, 0.15) is 51.4 Å². The Hall–Kier alpha value is -1.10. The second-order valence-electron chi connectivity index (χ2n) is 4.65. The van der Waals surface area contributed by atoms with Crippen molar-refractivity contribution in [3.63, 3.8) is 0 Å². The summed E-state index contributed by atoms with van der Waals surface area (Å²) in [6.45, 7) is 1.11. The Bertz CT molecular complexity index is 260. The van der Waals surface area contributed by atoms with Gasteiger partial charge >= 0.3 is 11.9 Å². The van der Waals surface area contributed by atoms with Gasteiger partial charge in [0, 0.05) is 12.8 Å². The zero-order valence-electron chi connectivity index (χ0n) is 10.7. The van der Waals surface area contributed by atoms with Crippen molar-refractivity contribution >= 4 is 11.9 Å². The van der Waals surface area contributed by atoms with Crippen LogP contribution in [-0.2, 0) is 19.1 Å². The van der Waals surface area contributed by atoms with Crippen LogP contribution in [0.2, 0.25) is 0 Å². The van der Waals surface area contributed by atoms with Crippen molar-refractivity contribution in [2.24, 2.45) is 0 Å². The van der Waals surface area contributed by atoms with E-state index >= 15 is 0 Å². The average molecular weight is 258 g/mol. The summed E-state index contributed by atoms with van der Waals surface area (Å²) in [7, 11) is 0. The van der Waals surface area contributed by atoms with E-state index in [1.807, 2.05) is 0 Å². The maximum atomic E-state index is 11.2. The summed E-state index contributed by atoms with van der Waals surface area (Å²) in [6.07, 6.45) is 6.52. The largest absolute Gasteiger partial charge is 0.481 e. The molecule has 104 valence electrons. The van der Waals surface area contributed by atoms with Gasteiger partial charge in [0.25, 0.3) is 0 Å². The van der Waals surface area contributed by atoms with E-state index in [2.05, 4.69) is 0 Å². The summed E-state index contributed by atoms with van der Waals surface area (Å²) in [6, 6.07) is 0. The lowest BCUT2D eigenvalue weighted by atomic mass is 10.1. The number of carbonyl (C=O) groups excluding carboxylic acids is 1. The Balaban J connectivity index is 1.77. The molecule has 0 aromatic heterocycles. The topological polar surface area (TPSA) is 76.1 Å². The molecule has 0 radical (unpaired) electrons. The first-order valence-corrected chi connectivity index (χ1v) is 6.67. The van der Waals surface area contributed by atoms with Crippen LogP contribution >= 0.6 is 0 Å². The first-order valence-electron chi connectivity index (χ1n) is 6.67. The van der Waals surface area contributed by atoms with Crippen LogP contribution in [0.3, 0.4) is 0 Å². The van der Waals surface area contributed by atoms with Crippen molar-refractivity contribution in [1.29, 1.82) is 0 Å². The molecular formula is C13H22O5. The van der Waals surface area contributed by atoms with Gasteiger partial charge in [0.15, 0.2) is 0 Å². The molecule has 1 saturated heterocycles. The van der Waals surface area contributed by atoms with Gasteiger partial charge in [0.1, 0.15) is 12.7 Å². The van der Waals surface area contributed by atoms with Crippen LogP contribution < -0.4 is 0 Å². The van der Waals surface area contributed by atoms with E-state index < -0.39 is 5.97 Å². The molecule has 0 amide bonds. The number of aliphatic carboxylic acids is 1. The number of epoxide rings is 1. The zero-order valence-corrected chi connectivity index (χ0v) is 10.7. The van der Waals surface area contributed by atoms with Crippen molar-refractivity contribution in [3.05, 3.63) is 0 Å². The third-order valence-corrected chi connectivity index (χ3v) is 2.85. The van der Waals surface area contributed by atoms with E-state index in [4.69, 9.17) is 14.6 Å². The molecule has 1 unspecified atom stereocenters. The molecule has 0 aliphatic carbocycles.